The van der Waals surface area contributed by atoms with E-state index in [1.54, 1.807) is 18.2 Å². The SMILES string of the molecule is CCOc1ccc(CC(CNC(=O)c2ccc(Cl)cc2Cl)C(=O)O)cc1. The lowest BCUT2D eigenvalue weighted by Gasteiger charge is -2.14. The van der Waals surface area contributed by atoms with E-state index in [1.165, 1.54) is 12.1 Å². The molecular formula is C19H19Cl2NO4. The second kappa shape index (κ2) is 9.46. The van der Waals surface area contributed by atoms with Crippen LogP contribution in [0.5, 0.6) is 5.75 Å². The summed E-state index contributed by atoms with van der Waals surface area (Å²) in [5.41, 5.74) is 1.10. The van der Waals surface area contributed by atoms with Crippen molar-refractivity contribution in [3.63, 3.8) is 0 Å². The molecule has 0 aromatic heterocycles. The van der Waals surface area contributed by atoms with Gasteiger partial charge in [-0.25, -0.2) is 0 Å². The van der Waals surface area contributed by atoms with E-state index in [2.05, 4.69) is 5.32 Å². The molecule has 1 amide bonds. The monoisotopic (exact) mass is 395 g/mol. The topological polar surface area (TPSA) is 75.6 Å². The van der Waals surface area contributed by atoms with E-state index >= 15 is 0 Å². The van der Waals surface area contributed by atoms with Crippen LogP contribution in [-0.2, 0) is 11.2 Å². The summed E-state index contributed by atoms with van der Waals surface area (Å²) >= 11 is 11.8. The van der Waals surface area contributed by atoms with Gasteiger partial charge in [-0.15, -0.1) is 0 Å². The molecule has 0 heterocycles. The smallest absolute Gasteiger partial charge is 0.308 e. The van der Waals surface area contributed by atoms with E-state index in [9.17, 15) is 14.7 Å². The van der Waals surface area contributed by atoms with Gasteiger partial charge in [0.15, 0.2) is 0 Å². The number of carboxylic acid groups (broad SMARTS) is 1. The maximum atomic E-state index is 12.2. The van der Waals surface area contributed by atoms with Crippen LogP contribution in [0.3, 0.4) is 0 Å². The van der Waals surface area contributed by atoms with Crippen LogP contribution in [0, 0.1) is 5.92 Å². The molecule has 1 atom stereocenters. The van der Waals surface area contributed by atoms with Crippen molar-refractivity contribution in [1.82, 2.24) is 5.32 Å². The third kappa shape index (κ3) is 5.64. The molecule has 0 fully saturated rings. The quantitative estimate of drug-likeness (QED) is 0.706. The molecule has 2 N–H and O–H groups in total. The minimum absolute atomic E-state index is 0.0136. The lowest BCUT2D eigenvalue weighted by molar-refractivity contribution is -0.141. The highest BCUT2D eigenvalue weighted by Gasteiger charge is 2.20. The van der Waals surface area contributed by atoms with Gasteiger partial charge in [-0.3, -0.25) is 9.59 Å². The van der Waals surface area contributed by atoms with Crippen LogP contribution in [0.1, 0.15) is 22.8 Å². The Bertz CT molecular complexity index is 778. The zero-order valence-corrected chi connectivity index (χ0v) is 15.7. The van der Waals surface area contributed by atoms with Gasteiger partial charge in [0, 0.05) is 11.6 Å². The molecule has 0 aliphatic heterocycles. The fourth-order valence-corrected chi connectivity index (χ4v) is 2.90. The van der Waals surface area contributed by atoms with E-state index in [0.717, 1.165) is 11.3 Å². The molecule has 5 nitrogen and oxygen atoms in total. The van der Waals surface area contributed by atoms with Crippen LogP contribution in [0.2, 0.25) is 10.0 Å². The van der Waals surface area contributed by atoms with Crippen molar-refractivity contribution < 1.29 is 19.4 Å². The molecule has 7 heteroatoms. The number of hydrogen-bond acceptors (Lipinski definition) is 3. The Morgan fingerprint density at radius 3 is 2.42 bits per heavy atom. The second-order valence-electron chi connectivity index (χ2n) is 5.65. The van der Waals surface area contributed by atoms with Crippen molar-refractivity contribution in [3.05, 3.63) is 63.6 Å². The zero-order chi connectivity index (χ0) is 19.1. The summed E-state index contributed by atoms with van der Waals surface area (Å²) in [4.78, 5) is 23.7. The molecule has 0 aliphatic rings. The van der Waals surface area contributed by atoms with Gasteiger partial charge in [-0.1, -0.05) is 35.3 Å². The van der Waals surface area contributed by atoms with E-state index < -0.39 is 17.8 Å². The zero-order valence-electron chi connectivity index (χ0n) is 14.2. The first-order chi connectivity index (χ1) is 12.4. The molecule has 26 heavy (non-hydrogen) atoms. The molecule has 138 valence electrons. The van der Waals surface area contributed by atoms with E-state index in [4.69, 9.17) is 27.9 Å². The summed E-state index contributed by atoms with van der Waals surface area (Å²) < 4.78 is 5.37. The number of ether oxygens (including phenoxy) is 1. The third-order valence-electron chi connectivity index (χ3n) is 3.75. The predicted molar refractivity (Wildman–Crippen MR) is 101 cm³/mol. The predicted octanol–water partition coefficient (Wildman–Crippen LogP) is 4.07. The summed E-state index contributed by atoms with van der Waals surface area (Å²) in [5.74, 6) is -1.46. The van der Waals surface area contributed by atoms with Crippen LogP contribution in [0.4, 0.5) is 0 Å². The summed E-state index contributed by atoms with van der Waals surface area (Å²) in [6.07, 6.45) is 0.288. The van der Waals surface area contributed by atoms with Crippen molar-refractivity contribution in [2.45, 2.75) is 13.3 Å². The van der Waals surface area contributed by atoms with Crippen molar-refractivity contribution in [2.75, 3.05) is 13.2 Å². The number of carbonyl (C=O) groups is 2. The normalized spacial score (nSPS) is 11.7. The van der Waals surface area contributed by atoms with Crippen LogP contribution in [0.25, 0.3) is 0 Å². The molecule has 0 bridgehead atoms. The van der Waals surface area contributed by atoms with E-state index in [0.29, 0.717) is 11.6 Å². The Balaban J connectivity index is 1.99. The van der Waals surface area contributed by atoms with Crippen LogP contribution >= 0.6 is 23.2 Å². The largest absolute Gasteiger partial charge is 0.494 e. The number of carbonyl (C=O) groups excluding carboxylic acids is 1. The highest BCUT2D eigenvalue weighted by Crippen LogP contribution is 2.21. The van der Waals surface area contributed by atoms with Crippen LogP contribution in [0.15, 0.2) is 42.5 Å². The number of hydrogen-bond donors (Lipinski definition) is 2. The number of benzene rings is 2. The highest BCUT2D eigenvalue weighted by atomic mass is 35.5. The van der Waals surface area contributed by atoms with Crippen molar-refractivity contribution in [1.29, 1.82) is 0 Å². The maximum Gasteiger partial charge on any atom is 0.308 e. The Kier molecular flexibility index (Phi) is 7.30. The van der Waals surface area contributed by atoms with Gasteiger partial charge in [-0.05, 0) is 49.2 Å². The Morgan fingerprint density at radius 2 is 1.85 bits per heavy atom. The molecule has 0 saturated heterocycles. The molecule has 2 aromatic rings. The van der Waals surface area contributed by atoms with E-state index in [1.807, 2.05) is 19.1 Å². The van der Waals surface area contributed by atoms with Crippen molar-refractivity contribution in [3.8, 4) is 5.75 Å². The average Bonchev–Trinajstić information content (AvgIpc) is 2.59. The van der Waals surface area contributed by atoms with Gasteiger partial charge in [-0.2, -0.15) is 0 Å². The van der Waals surface area contributed by atoms with Gasteiger partial charge < -0.3 is 15.2 Å². The summed E-state index contributed by atoms with van der Waals surface area (Å²) in [6, 6.07) is 11.7. The number of amides is 1. The number of carboxylic acids is 1. The molecule has 0 saturated carbocycles. The second-order valence-corrected chi connectivity index (χ2v) is 6.49. The minimum atomic E-state index is -0.985. The average molecular weight is 396 g/mol. The highest BCUT2D eigenvalue weighted by molar-refractivity contribution is 6.36. The summed E-state index contributed by atoms with van der Waals surface area (Å²) in [7, 11) is 0. The summed E-state index contributed by atoms with van der Waals surface area (Å²) in [5, 5.41) is 12.7. The molecule has 0 radical (unpaired) electrons. The maximum absolute atomic E-state index is 12.2. The first-order valence-electron chi connectivity index (χ1n) is 8.08. The third-order valence-corrected chi connectivity index (χ3v) is 4.30. The van der Waals surface area contributed by atoms with Gasteiger partial charge in [0.25, 0.3) is 5.91 Å². The molecular weight excluding hydrogens is 377 g/mol. The fraction of sp³-hybridized carbons (Fsp3) is 0.263. The molecule has 2 aromatic carbocycles. The minimum Gasteiger partial charge on any atom is -0.494 e. The first-order valence-corrected chi connectivity index (χ1v) is 8.84. The van der Waals surface area contributed by atoms with Gasteiger partial charge in [0.1, 0.15) is 5.75 Å². The fourth-order valence-electron chi connectivity index (χ4n) is 2.40. The lowest BCUT2D eigenvalue weighted by atomic mass is 9.99. The first kappa shape index (κ1) is 20.1. The molecule has 2 rings (SSSR count). The number of rotatable bonds is 8. The van der Waals surface area contributed by atoms with Crippen LogP contribution < -0.4 is 10.1 Å². The Hall–Kier alpha value is -2.24. The van der Waals surface area contributed by atoms with E-state index in [-0.39, 0.29) is 23.6 Å². The van der Waals surface area contributed by atoms with Gasteiger partial charge >= 0.3 is 5.97 Å². The molecule has 1 unspecified atom stereocenters. The van der Waals surface area contributed by atoms with Gasteiger partial charge in [0.2, 0.25) is 0 Å². The van der Waals surface area contributed by atoms with Crippen LogP contribution in [-0.4, -0.2) is 30.1 Å². The molecule has 0 spiro atoms. The summed E-state index contributed by atoms with van der Waals surface area (Å²) in [6.45, 7) is 2.45. The molecule has 0 aliphatic carbocycles. The van der Waals surface area contributed by atoms with Crippen molar-refractivity contribution >= 4 is 35.1 Å². The lowest BCUT2D eigenvalue weighted by Crippen LogP contribution is -2.34. The number of halogens is 2. The van der Waals surface area contributed by atoms with Crippen molar-refractivity contribution in [2.24, 2.45) is 5.92 Å². The number of aliphatic carboxylic acids is 1. The Morgan fingerprint density at radius 1 is 1.15 bits per heavy atom. The standard InChI is InChI=1S/C19H19Cl2NO4/c1-2-26-15-6-3-12(4-7-15)9-13(19(24)25)11-22-18(23)16-8-5-14(20)10-17(16)21/h3-8,10,13H,2,9,11H2,1H3,(H,22,23)(H,24,25). The Labute approximate surface area is 161 Å². The number of nitrogens with one attached hydrogen (secondary N) is 1. The van der Waals surface area contributed by atoms with Gasteiger partial charge in [0.05, 0.1) is 23.1 Å².